The average Bonchev–Trinajstić information content (AvgIpc) is 3.08. The van der Waals surface area contributed by atoms with Crippen molar-refractivity contribution in [2.24, 2.45) is 4.99 Å². The van der Waals surface area contributed by atoms with E-state index in [1.54, 1.807) is 12.1 Å². The maximum absolute atomic E-state index is 11.5. The molecule has 1 unspecified atom stereocenters. The molecule has 2 aromatic carbocycles. The van der Waals surface area contributed by atoms with E-state index in [1.165, 1.54) is 0 Å². The Morgan fingerprint density at radius 1 is 1.04 bits per heavy atom. The van der Waals surface area contributed by atoms with Crippen LogP contribution >= 0.6 is 34.8 Å². The van der Waals surface area contributed by atoms with Crippen molar-refractivity contribution in [3.63, 3.8) is 0 Å². The minimum Gasteiger partial charge on any atom is -0.366 e. The van der Waals surface area contributed by atoms with Crippen LogP contribution in [0.25, 0.3) is 0 Å². The molecule has 0 saturated carbocycles. The quantitative estimate of drug-likeness (QED) is 0.867. The molecule has 1 N–H and O–H groups in total. The molecular formula is C17H13Cl3N2O. The molecule has 0 saturated heterocycles. The van der Waals surface area contributed by atoms with Gasteiger partial charge in [0.25, 0.3) is 0 Å². The highest BCUT2D eigenvalue weighted by Crippen LogP contribution is 2.47. The Morgan fingerprint density at radius 2 is 1.74 bits per heavy atom. The summed E-state index contributed by atoms with van der Waals surface area (Å²) in [4.78, 5) is 6.40. The molecule has 0 spiro atoms. The van der Waals surface area contributed by atoms with Gasteiger partial charge in [-0.25, -0.2) is 0 Å². The van der Waals surface area contributed by atoms with E-state index in [4.69, 9.17) is 34.8 Å². The summed E-state index contributed by atoms with van der Waals surface area (Å²) in [6.45, 7) is 1.28. The summed E-state index contributed by atoms with van der Waals surface area (Å²) in [5, 5.41) is 13.2. The minimum absolute atomic E-state index is 0.385. The highest BCUT2D eigenvalue weighted by molar-refractivity contribution is 6.37. The lowest BCUT2D eigenvalue weighted by Gasteiger charge is -2.34. The number of nitrogens with zero attached hydrogens (tertiary/aromatic N) is 2. The maximum Gasteiger partial charge on any atom is 0.171 e. The Bertz CT molecular complexity index is 819. The Hall–Kier alpha value is -1.26. The Morgan fingerprint density at radius 3 is 2.48 bits per heavy atom. The molecule has 0 aromatic heterocycles. The van der Waals surface area contributed by atoms with Crippen LogP contribution in [0, 0.1) is 0 Å². The molecule has 0 amide bonds. The molecule has 0 fully saturated rings. The number of halogens is 3. The third kappa shape index (κ3) is 2.26. The summed E-state index contributed by atoms with van der Waals surface area (Å²) in [5.74, 6) is 0.726. The summed E-state index contributed by atoms with van der Waals surface area (Å²) >= 11 is 18.7. The first-order chi connectivity index (χ1) is 11.0. The van der Waals surface area contributed by atoms with E-state index >= 15 is 0 Å². The first-order valence-electron chi connectivity index (χ1n) is 7.28. The maximum atomic E-state index is 11.5. The largest absolute Gasteiger partial charge is 0.366 e. The summed E-state index contributed by atoms with van der Waals surface area (Å²) in [6, 6.07) is 10.9. The van der Waals surface area contributed by atoms with Crippen LogP contribution in [0.4, 0.5) is 0 Å². The van der Waals surface area contributed by atoms with Crippen LogP contribution in [-0.2, 0) is 12.1 Å². The zero-order valence-corrected chi connectivity index (χ0v) is 14.3. The molecule has 2 aliphatic heterocycles. The molecule has 3 nitrogen and oxygen atoms in total. The van der Waals surface area contributed by atoms with E-state index in [-0.39, 0.29) is 0 Å². The van der Waals surface area contributed by atoms with Gasteiger partial charge in [0.05, 0.1) is 11.6 Å². The monoisotopic (exact) mass is 366 g/mol. The van der Waals surface area contributed by atoms with Crippen molar-refractivity contribution in [3.8, 4) is 0 Å². The number of benzene rings is 2. The third-order valence-corrected chi connectivity index (χ3v) is 5.26. The SMILES string of the molecule is OC1(Cc2ccc(Cl)cc2)c2c(Cl)ccc(Cl)c2C2=NCCN21. The van der Waals surface area contributed by atoms with Gasteiger partial charge in [-0.05, 0) is 29.8 Å². The topological polar surface area (TPSA) is 35.8 Å². The molecule has 4 rings (SSSR count). The van der Waals surface area contributed by atoms with Crippen molar-refractivity contribution in [2.45, 2.75) is 12.1 Å². The number of aliphatic hydroxyl groups is 1. The number of fused-ring (bicyclic) bond motifs is 3. The van der Waals surface area contributed by atoms with Gasteiger partial charge in [-0.3, -0.25) is 4.99 Å². The van der Waals surface area contributed by atoms with Gasteiger partial charge in [0.1, 0.15) is 5.84 Å². The zero-order chi connectivity index (χ0) is 16.2. The molecular weight excluding hydrogens is 355 g/mol. The van der Waals surface area contributed by atoms with E-state index in [0.29, 0.717) is 40.1 Å². The normalized spacial score (nSPS) is 22.1. The fourth-order valence-corrected chi connectivity index (χ4v) is 4.07. The van der Waals surface area contributed by atoms with Gasteiger partial charge in [0.15, 0.2) is 5.72 Å². The predicted molar refractivity (Wildman–Crippen MR) is 93.6 cm³/mol. The highest BCUT2D eigenvalue weighted by Gasteiger charge is 2.50. The predicted octanol–water partition coefficient (Wildman–Crippen LogP) is 4.11. The smallest absolute Gasteiger partial charge is 0.171 e. The van der Waals surface area contributed by atoms with Gasteiger partial charge < -0.3 is 10.0 Å². The third-order valence-electron chi connectivity index (χ3n) is 4.38. The fraction of sp³-hybridized carbons (Fsp3) is 0.235. The van der Waals surface area contributed by atoms with E-state index < -0.39 is 5.72 Å². The van der Waals surface area contributed by atoms with Crippen LogP contribution in [0.5, 0.6) is 0 Å². The second-order valence-electron chi connectivity index (χ2n) is 5.76. The molecule has 6 heteroatoms. The first-order valence-corrected chi connectivity index (χ1v) is 8.42. The van der Waals surface area contributed by atoms with Crippen molar-refractivity contribution in [3.05, 3.63) is 68.2 Å². The summed E-state index contributed by atoms with van der Waals surface area (Å²) in [5.41, 5.74) is 1.10. The van der Waals surface area contributed by atoms with Crippen LogP contribution in [-0.4, -0.2) is 28.9 Å². The average molecular weight is 368 g/mol. The zero-order valence-electron chi connectivity index (χ0n) is 12.1. The van der Waals surface area contributed by atoms with Crippen LogP contribution in [0.15, 0.2) is 41.4 Å². The molecule has 2 heterocycles. The molecule has 2 aliphatic rings. The second-order valence-corrected chi connectivity index (χ2v) is 7.01. The second kappa shape index (κ2) is 5.38. The van der Waals surface area contributed by atoms with E-state index in [9.17, 15) is 5.11 Å². The van der Waals surface area contributed by atoms with Gasteiger partial charge in [-0.15, -0.1) is 0 Å². The van der Waals surface area contributed by atoms with Gasteiger partial charge in [-0.2, -0.15) is 0 Å². The van der Waals surface area contributed by atoms with Gasteiger partial charge in [-0.1, -0.05) is 46.9 Å². The van der Waals surface area contributed by atoms with Crippen molar-refractivity contribution in [2.75, 3.05) is 13.1 Å². The molecule has 0 bridgehead atoms. The number of aliphatic imine (C=N–C) groups is 1. The van der Waals surface area contributed by atoms with Crippen LogP contribution < -0.4 is 0 Å². The van der Waals surface area contributed by atoms with E-state index in [2.05, 4.69) is 4.99 Å². The van der Waals surface area contributed by atoms with E-state index in [1.807, 2.05) is 29.2 Å². The minimum atomic E-state index is -1.25. The van der Waals surface area contributed by atoms with E-state index in [0.717, 1.165) is 17.0 Å². The number of rotatable bonds is 2. The lowest BCUT2D eigenvalue weighted by molar-refractivity contribution is -0.0636. The standard InChI is InChI=1S/C17H13Cl3N2O/c18-11-3-1-10(2-4-11)9-17(23)15-13(20)6-5-12(19)14(15)16-21-7-8-22(16)17/h1-6,23H,7-9H2. The molecule has 2 aromatic rings. The number of hydrogen-bond donors (Lipinski definition) is 1. The summed E-state index contributed by atoms with van der Waals surface area (Å²) in [7, 11) is 0. The van der Waals surface area contributed by atoms with Crippen LogP contribution in [0.3, 0.4) is 0 Å². The van der Waals surface area contributed by atoms with Crippen molar-refractivity contribution >= 4 is 40.6 Å². The van der Waals surface area contributed by atoms with Crippen LogP contribution in [0.1, 0.15) is 16.7 Å². The molecule has 118 valence electrons. The van der Waals surface area contributed by atoms with Crippen molar-refractivity contribution < 1.29 is 5.11 Å². The van der Waals surface area contributed by atoms with Crippen molar-refractivity contribution in [1.29, 1.82) is 0 Å². The lowest BCUT2D eigenvalue weighted by Crippen LogP contribution is -2.44. The lowest BCUT2D eigenvalue weighted by atomic mass is 9.94. The summed E-state index contributed by atoms with van der Waals surface area (Å²) < 4.78 is 0. The Labute approximate surface area is 149 Å². The molecule has 23 heavy (non-hydrogen) atoms. The molecule has 0 radical (unpaired) electrons. The fourth-order valence-electron chi connectivity index (χ4n) is 3.39. The van der Waals surface area contributed by atoms with Gasteiger partial charge in [0.2, 0.25) is 0 Å². The molecule has 0 aliphatic carbocycles. The van der Waals surface area contributed by atoms with Crippen LogP contribution in [0.2, 0.25) is 15.1 Å². The summed E-state index contributed by atoms with van der Waals surface area (Å²) in [6.07, 6.45) is 0.385. The van der Waals surface area contributed by atoms with Gasteiger partial charge in [0, 0.05) is 34.1 Å². The van der Waals surface area contributed by atoms with Crippen molar-refractivity contribution in [1.82, 2.24) is 4.90 Å². The number of hydrogen-bond acceptors (Lipinski definition) is 3. The Balaban J connectivity index is 1.87. The highest BCUT2D eigenvalue weighted by atomic mass is 35.5. The first kappa shape index (κ1) is 15.3. The Kier molecular flexibility index (Phi) is 3.58. The van der Waals surface area contributed by atoms with Gasteiger partial charge >= 0.3 is 0 Å². The number of amidine groups is 1. The molecule has 1 atom stereocenters.